The number of nitrogens with one attached hydrogen (secondary N) is 1. The summed E-state index contributed by atoms with van der Waals surface area (Å²) >= 11 is 0. The fourth-order valence-corrected chi connectivity index (χ4v) is 1.35. The highest BCUT2D eigenvalue weighted by atomic mass is 19.4. The fraction of sp³-hybridized carbons (Fsp3) is 0.364. The van der Waals surface area contributed by atoms with E-state index in [4.69, 9.17) is 5.73 Å². The average Bonchev–Trinajstić information content (AvgIpc) is 2.15. The summed E-state index contributed by atoms with van der Waals surface area (Å²) in [5.74, 6) is -0.276. The topological polar surface area (TPSA) is 55.1 Å². The first-order valence-electron chi connectivity index (χ1n) is 4.98. The standard InChI is InChI=1S/C11H13F3N2O/c1-7(17)16-9-4-2-3-8(5-9)6-10(15)11(12,13)14/h2-5,10H,6,15H2,1H3,(H,16,17). The number of hydrogen-bond donors (Lipinski definition) is 2. The number of anilines is 1. The van der Waals surface area contributed by atoms with E-state index in [1.165, 1.54) is 19.1 Å². The number of amides is 1. The summed E-state index contributed by atoms with van der Waals surface area (Å²) in [5.41, 5.74) is 5.92. The van der Waals surface area contributed by atoms with Crippen LogP contribution in [0.4, 0.5) is 18.9 Å². The van der Waals surface area contributed by atoms with Crippen LogP contribution in [0.3, 0.4) is 0 Å². The minimum absolute atomic E-state index is 0.276. The Kier molecular flexibility index (Phi) is 4.11. The molecule has 0 saturated carbocycles. The first-order valence-corrected chi connectivity index (χ1v) is 4.98. The van der Waals surface area contributed by atoms with Gasteiger partial charge in [0.25, 0.3) is 0 Å². The van der Waals surface area contributed by atoms with Gasteiger partial charge in [0, 0.05) is 12.6 Å². The van der Waals surface area contributed by atoms with E-state index < -0.39 is 12.2 Å². The largest absolute Gasteiger partial charge is 0.403 e. The molecule has 0 radical (unpaired) electrons. The number of benzene rings is 1. The second-order valence-corrected chi connectivity index (χ2v) is 3.73. The zero-order chi connectivity index (χ0) is 13.1. The second kappa shape index (κ2) is 5.18. The van der Waals surface area contributed by atoms with Gasteiger partial charge in [0.1, 0.15) is 6.04 Å². The van der Waals surface area contributed by atoms with E-state index in [9.17, 15) is 18.0 Å². The summed E-state index contributed by atoms with van der Waals surface area (Å²) in [6.07, 6.45) is -4.72. The molecule has 6 heteroatoms. The monoisotopic (exact) mass is 246 g/mol. The average molecular weight is 246 g/mol. The van der Waals surface area contributed by atoms with Crippen molar-refractivity contribution in [3.05, 3.63) is 29.8 Å². The summed E-state index contributed by atoms with van der Waals surface area (Å²) in [5, 5.41) is 2.50. The molecule has 1 aromatic carbocycles. The normalized spacial score (nSPS) is 13.2. The molecule has 1 unspecified atom stereocenters. The Morgan fingerprint density at radius 1 is 1.47 bits per heavy atom. The number of carbonyl (C=O) groups excluding carboxylic acids is 1. The molecule has 0 saturated heterocycles. The van der Waals surface area contributed by atoms with Crippen LogP contribution >= 0.6 is 0 Å². The van der Waals surface area contributed by atoms with Crippen LogP contribution in [-0.2, 0) is 11.2 Å². The van der Waals surface area contributed by atoms with E-state index >= 15 is 0 Å². The molecule has 0 aliphatic rings. The summed E-state index contributed by atoms with van der Waals surface area (Å²) in [6.45, 7) is 1.33. The molecule has 0 aromatic heterocycles. The molecule has 17 heavy (non-hydrogen) atoms. The fourth-order valence-electron chi connectivity index (χ4n) is 1.35. The SMILES string of the molecule is CC(=O)Nc1cccc(CC(N)C(F)(F)F)c1. The predicted octanol–water partition coefficient (Wildman–Crippen LogP) is 2.08. The van der Waals surface area contributed by atoms with Crippen LogP contribution < -0.4 is 11.1 Å². The third-order valence-corrected chi connectivity index (χ3v) is 2.12. The summed E-state index contributed by atoms with van der Waals surface area (Å²) < 4.78 is 36.8. The zero-order valence-electron chi connectivity index (χ0n) is 9.21. The van der Waals surface area contributed by atoms with Crippen molar-refractivity contribution < 1.29 is 18.0 Å². The van der Waals surface area contributed by atoms with Gasteiger partial charge in [0.05, 0.1) is 0 Å². The molecule has 0 aliphatic carbocycles. The molecule has 1 rings (SSSR count). The van der Waals surface area contributed by atoms with Crippen LogP contribution in [0.2, 0.25) is 0 Å². The van der Waals surface area contributed by atoms with Crippen molar-refractivity contribution in [1.82, 2.24) is 0 Å². The molecule has 0 fully saturated rings. The van der Waals surface area contributed by atoms with Crippen molar-refractivity contribution >= 4 is 11.6 Å². The molecular formula is C11H13F3N2O. The van der Waals surface area contributed by atoms with E-state index in [0.717, 1.165) is 0 Å². The molecular weight excluding hydrogens is 233 g/mol. The first-order chi connectivity index (χ1) is 7.79. The third kappa shape index (κ3) is 4.44. The first kappa shape index (κ1) is 13.5. The van der Waals surface area contributed by atoms with Gasteiger partial charge in [-0.25, -0.2) is 0 Å². The van der Waals surface area contributed by atoms with Gasteiger partial charge in [-0.3, -0.25) is 4.79 Å². The van der Waals surface area contributed by atoms with Gasteiger partial charge in [-0.05, 0) is 24.1 Å². The lowest BCUT2D eigenvalue weighted by atomic mass is 10.1. The summed E-state index contributed by atoms with van der Waals surface area (Å²) in [6, 6.07) is 4.30. The second-order valence-electron chi connectivity index (χ2n) is 3.73. The van der Waals surface area contributed by atoms with Gasteiger partial charge in [-0.15, -0.1) is 0 Å². The summed E-state index contributed by atoms with van der Waals surface area (Å²) in [7, 11) is 0. The lowest BCUT2D eigenvalue weighted by molar-refractivity contribution is -0.147. The minimum atomic E-state index is -4.41. The molecule has 1 amide bonds. The zero-order valence-corrected chi connectivity index (χ0v) is 9.21. The highest BCUT2D eigenvalue weighted by Gasteiger charge is 2.36. The maximum absolute atomic E-state index is 12.3. The van der Waals surface area contributed by atoms with E-state index in [1.54, 1.807) is 12.1 Å². The van der Waals surface area contributed by atoms with Crippen molar-refractivity contribution in [3.8, 4) is 0 Å². The van der Waals surface area contributed by atoms with Gasteiger partial charge in [-0.2, -0.15) is 13.2 Å². The highest BCUT2D eigenvalue weighted by Crippen LogP contribution is 2.22. The lowest BCUT2D eigenvalue weighted by Crippen LogP contribution is -2.39. The van der Waals surface area contributed by atoms with Crippen LogP contribution in [0.1, 0.15) is 12.5 Å². The van der Waals surface area contributed by atoms with Crippen molar-refractivity contribution in [1.29, 1.82) is 0 Å². The Balaban J connectivity index is 2.75. The van der Waals surface area contributed by atoms with E-state index in [2.05, 4.69) is 5.32 Å². The van der Waals surface area contributed by atoms with Crippen molar-refractivity contribution in [2.24, 2.45) is 5.73 Å². The van der Waals surface area contributed by atoms with Gasteiger partial charge < -0.3 is 11.1 Å². The number of rotatable bonds is 3. The smallest absolute Gasteiger partial charge is 0.326 e. The Morgan fingerprint density at radius 3 is 2.65 bits per heavy atom. The predicted molar refractivity (Wildman–Crippen MR) is 58.5 cm³/mol. The molecule has 1 atom stereocenters. The molecule has 0 spiro atoms. The molecule has 3 nitrogen and oxygen atoms in total. The van der Waals surface area contributed by atoms with Crippen LogP contribution in [0.5, 0.6) is 0 Å². The van der Waals surface area contributed by atoms with Gasteiger partial charge in [-0.1, -0.05) is 12.1 Å². The van der Waals surface area contributed by atoms with Crippen molar-refractivity contribution in [3.63, 3.8) is 0 Å². The highest BCUT2D eigenvalue weighted by molar-refractivity contribution is 5.88. The maximum atomic E-state index is 12.3. The van der Waals surface area contributed by atoms with E-state index in [1.807, 2.05) is 0 Å². The van der Waals surface area contributed by atoms with Gasteiger partial charge in [0.2, 0.25) is 5.91 Å². The third-order valence-electron chi connectivity index (χ3n) is 2.12. The Hall–Kier alpha value is -1.56. The number of carbonyl (C=O) groups is 1. The number of hydrogen-bond acceptors (Lipinski definition) is 2. The van der Waals surface area contributed by atoms with Crippen LogP contribution in [0, 0.1) is 0 Å². The van der Waals surface area contributed by atoms with Crippen molar-refractivity contribution in [2.45, 2.75) is 25.6 Å². The number of halogens is 3. The van der Waals surface area contributed by atoms with E-state index in [-0.39, 0.29) is 12.3 Å². The molecule has 1 aromatic rings. The molecule has 94 valence electrons. The molecule has 0 aliphatic heterocycles. The maximum Gasteiger partial charge on any atom is 0.403 e. The van der Waals surface area contributed by atoms with Crippen LogP contribution in [0.25, 0.3) is 0 Å². The molecule has 0 bridgehead atoms. The quantitative estimate of drug-likeness (QED) is 0.857. The number of alkyl halides is 3. The Bertz CT molecular complexity index is 404. The Labute approximate surface area is 96.8 Å². The Morgan fingerprint density at radius 2 is 2.12 bits per heavy atom. The van der Waals surface area contributed by atoms with Gasteiger partial charge in [0.15, 0.2) is 0 Å². The number of nitrogens with two attached hydrogens (primary N) is 1. The van der Waals surface area contributed by atoms with Crippen LogP contribution in [0.15, 0.2) is 24.3 Å². The minimum Gasteiger partial charge on any atom is -0.326 e. The summed E-state index contributed by atoms with van der Waals surface area (Å²) in [4.78, 5) is 10.8. The molecule has 0 heterocycles. The molecule has 3 N–H and O–H groups in total. The van der Waals surface area contributed by atoms with Gasteiger partial charge >= 0.3 is 6.18 Å². The van der Waals surface area contributed by atoms with E-state index in [0.29, 0.717) is 11.3 Å². The van der Waals surface area contributed by atoms with Crippen LogP contribution in [-0.4, -0.2) is 18.1 Å². The van der Waals surface area contributed by atoms with Crippen molar-refractivity contribution in [2.75, 3.05) is 5.32 Å². The lowest BCUT2D eigenvalue weighted by Gasteiger charge is -2.15.